The van der Waals surface area contributed by atoms with E-state index in [9.17, 15) is 0 Å². The van der Waals surface area contributed by atoms with Crippen molar-refractivity contribution < 1.29 is 0 Å². The van der Waals surface area contributed by atoms with Gasteiger partial charge in [0.25, 0.3) is 0 Å². The molecule has 0 spiro atoms. The third-order valence-corrected chi connectivity index (χ3v) is 3.92. The lowest BCUT2D eigenvalue weighted by Gasteiger charge is -2.16. The van der Waals surface area contributed by atoms with Gasteiger partial charge in [-0.2, -0.15) is 9.97 Å². The molecule has 5 nitrogen and oxygen atoms in total. The zero-order chi connectivity index (χ0) is 12.8. The molecule has 2 aromatic rings. The molecule has 0 radical (unpaired) electrons. The summed E-state index contributed by atoms with van der Waals surface area (Å²) in [7, 11) is 0. The van der Waals surface area contributed by atoms with Crippen LogP contribution in [0.2, 0.25) is 0 Å². The number of aromatic nitrogens is 3. The molecule has 1 saturated carbocycles. The minimum Gasteiger partial charge on any atom is -0.367 e. The number of nitrogens with zero attached hydrogens (tertiary/aromatic N) is 3. The van der Waals surface area contributed by atoms with Crippen LogP contribution in [0, 0.1) is 6.92 Å². The van der Waals surface area contributed by atoms with Gasteiger partial charge in [0.05, 0.1) is 5.39 Å². The topological polar surface area (TPSA) is 56.8 Å². The lowest BCUT2D eigenvalue weighted by molar-refractivity contribution is 0.903. The fraction of sp³-hybridized carbons (Fsp3) is 0.571. The number of H-pyrrole nitrogens is 1. The summed E-state index contributed by atoms with van der Waals surface area (Å²) in [6, 6.07) is 2.74. The number of aryl methyl sites for hydroxylation is 1. The molecule has 4 rings (SSSR count). The van der Waals surface area contributed by atoms with Crippen LogP contribution in [-0.2, 0) is 0 Å². The first-order chi connectivity index (χ1) is 9.29. The summed E-state index contributed by atoms with van der Waals surface area (Å²) in [5.74, 6) is 1.87. The maximum atomic E-state index is 4.76. The van der Waals surface area contributed by atoms with Crippen LogP contribution in [-0.4, -0.2) is 34.1 Å². The minimum atomic E-state index is 0.611. The SMILES string of the molecule is Cc1cc2c(NC3CC3)nc(N3CCCC3)nc2[nH]1. The second kappa shape index (κ2) is 4.11. The molecule has 100 valence electrons. The number of nitrogens with one attached hydrogen (secondary N) is 2. The molecule has 1 aliphatic carbocycles. The summed E-state index contributed by atoms with van der Waals surface area (Å²) in [5.41, 5.74) is 2.10. The number of rotatable bonds is 3. The highest BCUT2D eigenvalue weighted by Crippen LogP contribution is 2.30. The lowest BCUT2D eigenvalue weighted by Crippen LogP contribution is -2.21. The molecule has 0 bridgehead atoms. The first-order valence-corrected chi connectivity index (χ1v) is 7.18. The predicted molar refractivity (Wildman–Crippen MR) is 76.7 cm³/mol. The van der Waals surface area contributed by atoms with Crippen LogP contribution in [0.15, 0.2) is 6.07 Å². The van der Waals surface area contributed by atoms with E-state index in [1.54, 1.807) is 0 Å². The van der Waals surface area contributed by atoms with Crippen molar-refractivity contribution in [2.45, 2.75) is 38.6 Å². The van der Waals surface area contributed by atoms with E-state index in [2.05, 4.69) is 33.2 Å². The number of hydrogen-bond donors (Lipinski definition) is 2. The van der Waals surface area contributed by atoms with Gasteiger partial charge in [0.1, 0.15) is 11.5 Å². The Bertz CT molecular complexity index is 608. The van der Waals surface area contributed by atoms with Crippen molar-refractivity contribution in [2.24, 2.45) is 0 Å². The van der Waals surface area contributed by atoms with Gasteiger partial charge in [-0.25, -0.2) is 0 Å². The van der Waals surface area contributed by atoms with E-state index in [4.69, 9.17) is 4.98 Å². The summed E-state index contributed by atoms with van der Waals surface area (Å²) in [6.07, 6.45) is 5.01. The van der Waals surface area contributed by atoms with Crippen LogP contribution in [0.3, 0.4) is 0 Å². The highest BCUT2D eigenvalue weighted by Gasteiger charge is 2.24. The third kappa shape index (κ3) is 2.03. The monoisotopic (exact) mass is 257 g/mol. The Labute approximate surface area is 112 Å². The van der Waals surface area contributed by atoms with Gasteiger partial charge in [0.2, 0.25) is 5.95 Å². The fourth-order valence-electron chi connectivity index (χ4n) is 2.72. The van der Waals surface area contributed by atoms with E-state index in [1.807, 2.05) is 0 Å². The highest BCUT2D eigenvalue weighted by atomic mass is 15.3. The van der Waals surface area contributed by atoms with Crippen LogP contribution in [0.4, 0.5) is 11.8 Å². The van der Waals surface area contributed by atoms with Crippen LogP contribution >= 0.6 is 0 Å². The molecule has 0 unspecified atom stereocenters. The Morgan fingerprint density at radius 3 is 2.79 bits per heavy atom. The van der Waals surface area contributed by atoms with Crippen molar-refractivity contribution in [3.05, 3.63) is 11.8 Å². The van der Waals surface area contributed by atoms with Crippen LogP contribution < -0.4 is 10.2 Å². The molecule has 0 atom stereocenters. The molecule has 2 aromatic heterocycles. The fourth-order valence-corrected chi connectivity index (χ4v) is 2.72. The molecule has 1 aliphatic heterocycles. The average Bonchev–Trinajstić information content (AvgIpc) is 2.91. The molecule has 1 saturated heterocycles. The van der Waals surface area contributed by atoms with Crippen LogP contribution in [0.25, 0.3) is 11.0 Å². The van der Waals surface area contributed by atoms with Crippen molar-refractivity contribution in [3.63, 3.8) is 0 Å². The van der Waals surface area contributed by atoms with Crippen molar-refractivity contribution in [1.82, 2.24) is 15.0 Å². The van der Waals surface area contributed by atoms with E-state index in [1.165, 1.54) is 25.7 Å². The largest absolute Gasteiger partial charge is 0.367 e. The van der Waals surface area contributed by atoms with Crippen molar-refractivity contribution in [1.29, 1.82) is 0 Å². The smallest absolute Gasteiger partial charge is 0.229 e. The second-order valence-electron chi connectivity index (χ2n) is 5.70. The Balaban J connectivity index is 1.80. The summed E-state index contributed by atoms with van der Waals surface area (Å²) >= 11 is 0. The summed E-state index contributed by atoms with van der Waals surface area (Å²) in [6.45, 7) is 4.22. The summed E-state index contributed by atoms with van der Waals surface area (Å²) in [5, 5.41) is 4.66. The maximum absolute atomic E-state index is 4.76. The molecule has 19 heavy (non-hydrogen) atoms. The van der Waals surface area contributed by atoms with Gasteiger partial charge < -0.3 is 15.2 Å². The summed E-state index contributed by atoms with van der Waals surface area (Å²) in [4.78, 5) is 15.1. The first-order valence-electron chi connectivity index (χ1n) is 7.18. The van der Waals surface area contributed by atoms with Gasteiger partial charge in [-0.1, -0.05) is 0 Å². The summed E-state index contributed by atoms with van der Waals surface area (Å²) < 4.78 is 0. The minimum absolute atomic E-state index is 0.611. The van der Waals surface area contributed by atoms with E-state index >= 15 is 0 Å². The van der Waals surface area contributed by atoms with Crippen LogP contribution in [0.5, 0.6) is 0 Å². The van der Waals surface area contributed by atoms with E-state index in [-0.39, 0.29) is 0 Å². The van der Waals surface area contributed by atoms with Crippen molar-refractivity contribution in [2.75, 3.05) is 23.3 Å². The zero-order valence-electron chi connectivity index (χ0n) is 11.2. The second-order valence-corrected chi connectivity index (χ2v) is 5.70. The standard InChI is InChI=1S/C14H19N5/c1-9-8-11-12(15-9)17-14(19-6-2-3-7-19)18-13(11)16-10-4-5-10/h8,10H,2-7H2,1H3,(H2,15,16,17,18). The quantitative estimate of drug-likeness (QED) is 0.886. The Hall–Kier alpha value is -1.78. The van der Waals surface area contributed by atoms with Gasteiger partial charge in [-0.15, -0.1) is 0 Å². The first kappa shape index (κ1) is 11.1. The lowest BCUT2D eigenvalue weighted by atomic mass is 10.3. The molecule has 2 fully saturated rings. The van der Waals surface area contributed by atoms with Crippen molar-refractivity contribution in [3.8, 4) is 0 Å². The molecule has 2 aliphatic rings. The van der Waals surface area contributed by atoms with Gasteiger partial charge in [-0.05, 0) is 38.7 Å². The Morgan fingerprint density at radius 2 is 2.05 bits per heavy atom. The zero-order valence-corrected chi connectivity index (χ0v) is 11.2. The Morgan fingerprint density at radius 1 is 1.26 bits per heavy atom. The molecular weight excluding hydrogens is 238 g/mol. The Kier molecular flexibility index (Phi) is 2.40. The molecule has 2 N–H and O–H groups in total. The van der Waals surface area contributed by atoms with Gasteiger partial charge in [0, 0.05) is 24.8 Å². The number of aromatic amines is 1. The predicted octanol–water partition coefficient (Wildman–Crippen LogP) is 2.44. The molecule has 3 heterocycles. The number of fused-ring (bicyclic) bond motifs is 1. The van der Waals surface area contributed by atoms with E-state index in [0.29, 0.717) is 6.04 Å². The average molecular weight is 257 g/mol. The molecule has 0 amide bonds. The maximum Gasteiger partial charge on any atom is 0.229 e. The molecule has 5 heteroatoms. The van der Waals surface area contributed by atoms with E-state index < -0.39 is 0 Å². The van der Waals surface area contributed by atoms with E-state index in [0.717, 1.165) is 41.6 Å². The van der Waals surface area contributed by atoms with Gasteiger partial charge in [-0.3, -0.25) is 0 Å². The normalized spacial score (nSPS) is 19.3. The molecular formula is C14H19N5. The molecule has 0 aromatic carbocycles. The van der Waals surface area contributed by atoms with Crippen molar-refractivity contribution >= 4 is 22.8 Å². The highest BCUT2D eigenvalue weighted by molar-refractivity contribution is 5.89. The number of hydrogen-bond acceptors (Lipinski definition) is 4. The van der Waals surface area contributed by atoms with Crippen LogP contribution in [0.1, 0.15) is 31.4 Å². The number of anilines is 2. The van der Waals surface area contributed by atoms with Gasteiger partial charge in [0.15, 0.2) is 0 Å². The van der Waals surface area contributed by atoms with Gasteiger partial charge >= 0.3 is 0 Å². The third-order valence-electron chi connectivity index (χ3n) is 3.92.